The molecular formula is H8AlO8V-5. The van der Waals surface area contributed by atoms with Crippen molar-refractivity contribution in [3.8, 4) is 0 Å². The molecule has 0 spiro atoms. The van der Waals surface area contributed by atoms with Crippen LogP contribution in [0.5, 0.6) is 0 Å². The van der Waals surface area contributed by atoms with Crippen LogP contribution >= 0.6 is 0 Å². The third kappa shape index (κ3) is 842. The van der Waals surface area contributed by atoms with Crippen LogP contribution in [0.4, 0.5) is 0 Å². The first kappa shape index (κ1) is 1630. The Morgan fingerprint density at radius 3 is 0.300 bits per heavy atom. The van der Waals surface area contributed by atoms with Crippen LogP contribution in [-0.2, 0) is 18.6 Å². The summed E-state index contributed by atoms with van der Waals surface area (Å²) in [6.07, 6.45) is 0. The monoisotopic (exact) mass is 214 g/mol. The van der Waals surface area contributed by atoms with Gasteiger partial charge in [0.2, 0.25) is 0 Å². The molecule has 0 saturated carbocycles. The SMILES string of the molecule is [Al+3].[OH-].[OH-].[OH-].[OH-].[OH-].[OH-].[OH-].[OH-].[V]. The summed E-state index contributed by atoms with van der Waals surface area (Å²) in [5.41, 5.74) is 0. The summed E-state index contributed by atoms with van der Waals surface area (Å²) in [6.45, 7) is 0. The fourth-order valence-electron chi connectivity index (χ4n) is 0. The summed E-state index contributed by atoms with van der Waals surface area (Å²) in [5.74, 6) is 0. The van der Waals surface area contributed by atoms with Crippen molar-refractivity contribution in [2.45, 2.75) is 0 Å². The van der Waals surface area contributed by atoms with Crippen molar-refractivity contribution in [1.82, 2.24) is 0 Å². The molecule has 0 unspecified atom stereocenters. The molecule has 0 aliphatic rings. The molecule has 10 heteroatoms. The van der Waals surface area contributed by atoms with Gasteiger partial charge in [-0.2, -0.15) is 0 Å². The smallest absolute Gasteiger partial charge is 0.870 e. The molecule has 0 bridgehead atoms. The Balaban J connectivity index is 0. The summed E-state index contributed by atoms with van der Waals surface area (Å²) in [4.78, 5) is 0. The average Bonchev–Trinajstić information content (AvgIpc) is 0. The molecule has 8 N–H and O–H groups in total. The Kier molecular flexibility index (Phi) is 195000. The molecule has 8 nitrogen and oxygen atoms in total. The Morgan fingerprint density at radius 2 is 0.300 bits per heavy atom. The molecule has 0 aromatic rings. The zero-order valence-electron chi connectivity index (χ0n) is 4.60. The van der Waals surface area contributed by atoms with E-state index in [0.717, 1.165) is 0 Å². The number of rotatable bonds is 0. The third-order valence-electron chi connectivity index (χ3n) is 0. The van der Waals surface area contributed by atoms with Crippen LogP contribution in [0.1, 0.15) is 0 Å². The number of hydrogen-bond acceptors (Lipinski definition) is 8. The van der Waals surface area contributed by atoms with Gasteiger partial charge in [-0.15, -0.1) is 0 Å². The Labute approximate surface area is 80.1 Å². The van der Waals surface area contributed by atoms with E-state index in [0.29, 0.717) is 0 Å². The first-order valence-corrected chi connectivity index (χ1v) is 0. The van der Waals surface area contributed by atoms with E-state index in [1.165, 1.54) is 0 Å². The van der Waals surface area contributed by atoms with E-state index < -0.39 is 0 Å². The molecule has 0 aliphatic carbocycles. The van der Waals surface area contributed by atoms with Gasteiger partial charge in [0.1, 0.15) is 0 Å². The minimum Gasteiger partial charge on any atom is -0.870 e. The molecule has 0 aromatic heterocycles. The first-order valence-electron chi connectivity index (χ1n) is 0. The van der Waals surface area contributed by atoms with Crippen LogP contribution < -0.4 is 0 Å². The van der Waals surface area contributed by atoms with Crippen molar-refractivity contribution in [3.63, 3.8) is 0 Å². The summed E-state index contributed by atoms with van der Waals surface area (Å²) in [5, 5.41) is 0. The van der Waals surface area contributed by atoms with Crippen molar-refractivity contribution in [2.24, 2.45) is 0 Å². The van der Waals surface area contributed by atoms with Gasteiger partial charge in [-0.05, 0) is 0 Å². The van der Waals surface area contributed by atoms with Crippen LogP contribution in [0.15, 0.2) is 0 Å². The Morgan fingerprint density at radius 1 is 0.300 bits per heavy atom. The van der Waals surface area contributed by atoms with E-state index in [1.54, 1.807) is 0 Å². The molecule has 69 valence electrons. The van der Waals surface area contributed by atoms with E-state index >= 15 is 0 Å². The predicted molar refractivity (Wildman–Crippen MR) is 21.2 cm³/mol. The van der Waals surface area contributed by atoms with Gasteiger partial charge in [-0.1, -0.05) is 0 Å². The normalized spacial score (nSPS) is 0. The van der Waals surface area contributed by atoms with Crippen molar-refractivity contribution in [3.05, 3.63) is 0 Å². The zero-order valence-corrected chi connectivity index (χ0v) is 7.15. The summed E-state index contributed by atoms with van der Waals surface area (Å²) < 4.78 is 0. The van der Waals surface area contributed by atoms with Gasteiger partial charge in [0.15, 0.2) is 0 Å². The quantitative estimate of drug-likeness (QED) is 0.415. The van der Waals surface area contributed by atoms with Crippen molar-refractivity contribution in [2.75, 3.05) is 0 Å². The minimum absolute atomic E-state index is 0. The molecule has 0 saturated heterocycles. The fourth-order valence-corrected chi connectivity index (χ4v) is 0. The second-order valence-electron chi connectivity index (χ2n) is 0. The van der Waals surface area contributed by atoms with Gasteiger partial charge in [0.25, 0.3) is 0 Å². The van der Waals surface area contributed by atoms with Crippen LogP contribution in [0.3, 0.4) is 0 Å². The third-order valence-corrected chi connectivity index (χ3v) is 0. The molecular weight excluding hydrogens is 206 g/mol. The second kappa shape index (κ2) is 1190. The van der Waals surface area contributed by atoms with E-state index in [9.17, 15) is 0 Å². The zero-order chi connectivity index (χ0) is 0. The van der Waals surface area contributed by atoms with Crippen LogP contribution in [0, 0.1) is 0 Å². The van der Waals surface area contributed by atoms with Gasteiger partial charge in [-0.3, -0.25) is 0 Å². The molecule has 0 aromatic carbocycles. The molecule has 0 rings (SSSR count). The van der Waals surface area contributed by atoms with Gasteiger partial charge in [0.05, 0.1) is 0 Å². The topological polar surface area (TPSA) is 240 Å². The maximum Gasteiger partial charge on any atom is 3.00 e. The maximum absolute atomic E-state index is 0. The van der Waals surface area contributed by atoms with E-state index in [2.05, 4.69) is 0 Å². The first-order chi connectivity index (χ1) is 0. The van der Waals surface area contributed by atoms with Crippen molar-refractivity contribution >= 4 is 17.4 Å². The van der Waals surface area contributed by atoms with Crippen LogP contribution in [0.2, 0.25) is 0 Å². The summed E-state index contributed by atoms with van der Waals surface area (Å²) in [7, 11) is 0. The minimum atomic E-state index is 0. The van der Waals surface area contributed by atoms with Gasteiger partial charge in [0, 0.05) is 18.6 Å². The molecule has 0 aliphatic heterocycles. The standard InChI is InChI=1S/Al.8H2O.V/h;8*1H2;/q+3;;;;;;;;;/p-8. The molecule has 0 fully saturated rings. The van der Waals surface area contributed by atoms with E-state index in [1.807, 2.05) is 0 Å². The van der Waals surface area contributed by atoms with Crippen LogP contribution in [0.25, 0.3) is 0 Å². The van der Waals surface area contributed by atoms with Gasteiger partial charge >= 0.3 is 17.4 Å². The van der Waals surface area contributed by atoms with E-state index in [-0.39, 0.29) is 79.7 Å². The maximum atomic E-state index is 0. The van der Waals surface area contributed by atoms with E-state index in [4.69, 9.17) is 0 Å². The number of hydrogen-bond donors (Lipinski definition) is 0. The van der Waals surface area contributed by atoms with Gasteiger partial charge in [-0.25, -0.2) is 0 Å². The average molecular weight is 214 g/mol. The van der Waals surface area contributed by atoms with Crippen LogP contribution in [-0.4, -0.2) is 61.2 Å². The fraction of sp³-hybridized carbons (Fsp3) is 0. The summed E-state index contributed by atoms with van der Waals surface area (Å²) in [6, 6.07) is 0. The molecule has 1 radical (unpaired) electrons. The van der Waals surface area contributed by atoms with Crippen molar-refractivity contribution < 1.29 is 62.4 Å². The second-order valence-corrected chi connectivity index (χ2v) is 0. The molecule has 0 heterocycles. The van der Waals surface area contributed by atoms with Gasteiger partial charge < -0.3 is 43.8 Å². The molecule has 0 amide bonds. The molecule has 10 heavy (non-hydrogen) atoms. The Bertz CT molecular complexity index is 9.22. The predicted octanol–water partition coefficient (Wildman–Crippen LogP) is -1.80. The van der Waals surface area contributed by atoms with Crippen molar-refractivity contribution in [1.29, 1.82) is 0 Å². The Hall–Kier alpha value is 0.797. The summed E-state index contributed by atoms with van der Waals surface area (Å²) >= 11 is 0. The largest absolute Gasteiger partial charge is 3.00 e. The molecule has 0 atom stereocenters.